The van der Waals surface area contributed by atoms with Crippen LogP contribution in [0, 0.1) is 0 Å². The summed E-state index contributed by atoms with van der Waals surface area (Å²) >= 11 is 0. The highest BCUT2D eigenvalue weighted by Gasteiger charge is 2.12. The van der Waals surface area contributed by atoms with Crippen LogP contribution in [-0.4, -0.2) is 50.6 Å². The van der Waals surface area contributed by atoms with Gasteiger partial charge in [0.2, 0.25) is 0 Å². The van der Waals surface area contributed by atoms with E-state index >= 15 is 0 Å². The standard InChI is InChI=1S/C7H15N3O2/c1-12-9-7(11)6-10-4-2-8-3-5-10/h8H,2-6H2,1H3,(H,9,11). The fourth-order valence-corrected chi connectivity index (χ4v) is 1.22. The van der Waals surface area contributed by atoms with Crippen LogP contribution >= 0.6 is 0 Å². The molecule has 0 bridgehead atoms. The topological polar surface area (TPSA) is 53.6 Å². The smallest absolute Gasteiger partial charge is 0.257 e. The highest BCUT2D eigenvalue weighted by Crippen LogP contribution is 1.90. The Balaban J connectivity index is 2.15. The summed E-state index contributed by atoms with van der Waals surface area (Å²) in [6.07, 6.45) is 0. The number of nitrogens with zero attached hydrogens (tertiary/aromatic N) is 1. The number of carbonyl (C=O) groups excluding carboxylic acids is 1. The number of nitrogens with one attached hydrogen (secondary N) is 2. The van der Waals surface area contributed by atoms with Crippen LogP contribution in [0.3, 0.4) is 0 Å². The minimum absolute atomic E-state index is 0.0839. The molecule has 0 atom stereocenters. The number of amides is 1. The molecule has 1 amide bonds. The summed E-state index contributed by atoms with van der Waals surface area (Å²) in [5.41, 5.74) is 2.29. The average Bonchev–Trinajstić information content (AvgIpc) is 2.06. The SMILES string of the molecule is CONC(=O)CN1CCNCC1. The van der Waals surface area contributed by atoms with Gasteiger partial charge in [-0.2, -0.15) is 0 Å². The number of hydrogen-bond acceptors (Lipinski definition) is 4. The van der Waals surface area contributed by atoms with E-state index in [0.29, 0.717) is 6.54 Å². The van der Waals surface area contributed by atoms with Gasteiger partial charge in [0.25, 0.3) is 5.91 Å². The largest absolute Gasteiger partial charge is 0.314 e. The van der Waals surface area contributed by atoms with Crippen molar-refractivity contribution in [3.05, 3.63) is 0 Å². The van der Waals surface area contributed by atoms with Crippen LogP contribution in [0.25, 0.3) is 0 Å². The van der Waals surface area contributed by atoms with Crippen molar-refractivity contribution in [1.82, 2.24) is 15.7 Å². The Bertz CT molecular complexity index is 146. The van der Waals surface area contributed by atoms with E-state index in [4.69, 9.17) is 0 Å². The van der Waals surface area contributed by atoms with Crippen molar-refractivity contribution in [2.75, 3.05) is 39.8 Å². The molecule has 1 rings (SSSR count). The van der Waals surface area contributed by atoms with Crippen LogP contribution in [-0.2, 0) is 9.63 Å². The molecular formula is C7H15N3O2. The first-order chi connectivity index (χ1) is 5.83. The second kappa shape index (κ2) is 5.08. The number of rotatable bonds is 3. The van der Waals surface area contributed by atoms with Crippen molar-refractivity contribution in [1.29, 1.82) is 0 Å². The van der Waals surface area contributed by atoms with Gasteiger partial charge in [0.1, 0.15) is 0 Å². The molecule has 5 heteroatoms. The zero-order valence-electron chi connectivity index (χ0n) is 7.30. The fourth-order valence-electron chi connectivity index (χ4n) is 1.22. The van der Waals surface area contributed by atoms with Crippen molar-refractivity contribution in [2.24, 2.45) is 0 Å². The second-order valence-corrected chi connectivity index (χ2v) is 2.76. The molecule has 0 aliphatic carbocycles. The molecule has 70 valence electrons. The van der Waals surface area contributed by atoms with E-state index in [1.165, 1.54) is 7.11 Å². The Morgan fingerprint density at radius 1 is 1.58 bits per heavy atom. The average molecular weight is 173 g/mol. The van der Waals surface area contributed by atoms with Crippen molar-refractivity contribution in [2.45, 2.75) is 0 Å². The van der Waals surface area contributed by atoms with Crippen molar-refractivity contribution < 1.29 is 9.63 Å². The van der Waals surface area contributed by atoms with Gasteiger partial charge < -0.3 is 5.32 Å². The molecule has 0 radical (unpaired) electrons. The third kappa shape index (κ3) is 3.17. The molecular weight excluding hydrogens is 158 g/mol. The molecule has 1 aliphatic heterocycles. The third-order valence-electron chi connectivity index (χ3n) is 1.79. The van der Waals surface area contributed by atoms with E-state index in [9.17, 15) is 4.79 Å². The molecule has 0 spiro atoms. The lowest BCUT2D eigenvalue weighted by molar-refractivity contribution is -0.132. The van der Waals surface area contributed by atoms with Crippen molar-refractivity contribution >= 4 is 5.91 Å². The van der Waals surface area contributed by atoms with Crippen LogP contribution in [0.4, 0.5) is 0 Å². The Morgan fingerprint density at radius 3 is 2.83 bits per heavy atom. The number of carbonyl (C=O) groups is 1. The summed E-state index contributed by atoms with van der Waals surface area (Å²) in [5, 5.41) is 3.22. The number of hydrogen-bond donors (Lipinski definition) is 2. The molecule has 0 aromatic carbocycles. The minimum Gasteiger partial charge on any atom is -0.314 e. The van der Waals surface area contributed by atoms with E-state index < -0.39 is 0 Å². The normalized spacial score (nSPS) is 19.1. The zero-order chi connectivity index (χ0) is 8.81. The summed E-state index contributed by atoms with van der Waals surface area (Å²) in [5.74, 6) is -0.0839. The zero-order valence-corrected chi connectivity index (χ0v) is 7.30. The van der Waals surface area contributed by atoms with Crippen LogP contribution in [0.1, 0.15) is 0 Å². The maximum absolute atomic E-state index is 11.0. The molecule has 1 fully saturated rings. The Labute approximate surface area is 72.0 Å². The van der Waals surface area contributed by atoms with Gasteiger partial charge in [0.15, 0.2) is 0 Å². The molecule has 0 aromatic rings. The Hall–Kier alpha value is -0.650. The summed E-state index contributed by atoms with van der Waals surface area (Å²) in [7, 11) is 1.44. The molecule has 0 unspecified atom stereocenters. The quantitative estimate of drug-likeness (QED) is 0.514. The van der Waals surface area contributed by atoms with Crippen LogP contribution in [0.2, 0.25) is 0 Å². The van der Waals surface area contributed by atoms with Gasteiger partial charge in [0.05, 0.1) is 13.7 Å². The molecule has 1 saturated heterocycles. The molecule has 2 N–H and O–H groups in total. The molecule has 1 heterocycles. The third-order valence-corrected chi connectivity index (χ3v) is 1.79. The molecule has 0 saturated carbocycles. The molecule has 12 heavy (non-hydrogen) atoms. The first kappa shape index (κ1) is 9.44. The van der Waals surface area contributed by atoms with E-state index in [2.05, 4.69) is 20.5 Å². The van der Waals surface area contributed by atoms with Crippen molar-refractivity contribution in [3.63, 3.8) is 0 Å². The van der Waals surface area contributed by atoms with Gasteiger partial charge in [-0.1, -0.05) is 0 Å². The second-order valence-electron chi connectivity index (χ2n) is 2.76. The Kier molecular flexibility index (Phi) is 3.99. The Morgan fingerprint density at radius 2 is 2.25 bits per heavy atom. The van der Waals surface area contributed by atoms with Gasteiger partial charge in [-0.05, 0) is 0 Å². The fraction of sp³-hybridized carbons (Fsp3) is 0.857. The summed E-state index contributed by atoms with van der Waals surface area (Å²) < 4.78 is 0. The van der Waals surface area contributed by atoms with E-state index in [-0.39, 0.29) is 5.91 Å². The van der Waals surface area contributed by atoms with E-state index in [1.54, 1.807) is 0 Å². The summed E-state index contributed by atoms with van der Waals surface area (Å²) in [6.45, 7) is 4.20. The predicted molar refractivity (Wildman–Crippen MR) is 44.5 cm³/mol. The lowest BCUT2D eigenvalue weighted by Crippen LogP contribution is -2.47. The minimum atomic E-state index is -0.0839. The van der Waals surface area contributed by atoms with Gasteiger partial charge in [-0.3, -0.25) is 14.5 Å². The maximum Gasteiger partial charge on any atom is 0.257 e. The highest BCUT2D eigenvalue weighted by molar-refractivity contribution is 5.76. The van der Waals surface area contributed by atoms with Gasteiger partial charge in [-0.25, -0.2) is 5.48 Å². The summed E-state index contributed by atoms with van der Waals surface area (Å²) in [4.78, 5) is 17.6. The predicted octanol–water partition coefficient (Wildman–Crippen LogP) is -1.43. The first-order valence-electron chi connectivity index (χ1n) is 4.08. The lowest BCUT2D eigenvalue weighted by Gasteiger charge is -2.26. The maximum atomic E-state index is 11.0. The first-order valence-corrected chi connectivity index (χ1v) is 4.08. The number of hydroxylamine groups is 1. The van der Waals surface area contributed by atoms with E-state index in [0.717, 1.165) is 26.2 Å². The van der Waals surface area contributed by atoms with Gasteiger partial charge >= 0.3 is 0 Å². The van der Waals surface area contributed by atoms with Gasteiger partial charge in [-0.15, -0.1) is 0 Å². The monoisotopic (exact) mass is 173 g/mol. The lowest BCUT2D eigenvalue weighted by atomic mass is 10.3. The van der Waals surface area contributed by atoms with Crippen LogP contribution in [0.5, 0.6) is 0 Å². The summed E-state index contributed by atoms with van der Waals surface area (Å²) in [6, 6.07) is 0. The highest BCUT2D eigenvalue weighted by atomic mass is 16.6. The van der Waals surface area contributed by atoms with E-state index in [1.807, 2.05) is 0 Å². The molecule has 0 aromatic heterocycles. The van der Waals surface area contributed by atoms with Crippen LogP contribution < -0.4 is 10.8 Å². The molecule has 5 nitrogen and oxygen atoms in total. The van der Waals surface area contributed by atoms with Gasteiger partial charge in [0, 0.05) is 26.2 Å². The molecule has 1 aliphatic rings. The van der Waals surface area contributed by atoms with Crippen molar-refractivity contribution in [3.8, 4) is 0 Å². The number of piperazine rings is 1. The van der Waals surface area contributed by atoms with Crippen LogP contribution in [0.15, 0.2) is 0 Å².